The van der Waals surface area contributed by atoms with Crippen molar-refractivity contribution in [3.63, 3.8) is 0 Å². The monoisotopic (exact) mass is 306 g/mol. The molecule has 1 aromatic rings. The van der Waals surface area contributed by atoms with Gasteiger partial charge in [-0.25, -0.2) is 4.79 Å². The number of benzene rings is 1. The molecule has 0 spiro atoms. The summed E-state index contributed by atoms with van der Waals surface area (Å²) in [6.45, 7) is 7.37. The fourth-order valence-electron chi connectivity index (χ4n) is 2.65. The summed E-state index contributed by atoms with van der Waals surface area (Å²) in [5.74, 6) is 0.267. The van der Waals surface area contributed by atoms with Crippen molar-refractivity contribution in [2.45, 2.75) is 45.3 Å². The van der Waals surface area contributed by atoms with Crippen LogP contribution >= 0.6 is 0 Å². The number of nitrogens with zero attached hydrogens (tertiary/aromatic N) is 2. The van der Waals surface area contributed by atoms with E-state index in [0.717, 1.165) is 31.6 Å². The van der Waals surface area contributed by atoms with E-state index in [-0.39, 0.29) is 17.9 Å². The second kappa shape index (κ2) is 6.46. The Balaban J connectivity index is 2.00. The van der Waals surface area contributed by atoms with Gasteiger partial charge in [-0.1, -0.05) is 0 Å². The molecule has 5 nitrogen and oxygen atoms in total. The van der Waals surface area contributed by atoms with Crippen molar-refractivity contribution in [3.8, 4) is 5.75 Å². The molecular weight excluding hydrogens is 280 g/mol. The first-order chi connectivity index (χ1) is 10.3. The van der Waals surface area contributed by atoms with E-state index in [2.05, 4.69) is 4.90 Å². The molecule has 1 atom stereocenters. The van der Waals surface area contributed by atoms with Crippen molar-refractivity contribution >= 4 is 11.8 Å². The lowest BCUT2D eigenvalue weighted by Gasteiger charge is -2.39. The van der Waals surface area contributed by atoms with Gasteiger partial charge in [0.05, 0.1) is 6.04 Å². The van der Waals surface area contributed by atoms with Crippen LogP contribution < -0.4 is 4.90 Å². The van der Waals surface area contributed by atoms with E-state index in [1.165, 1.54) is 0 Å². The van der Waals surface area contributed by atoms with E-state index in [1.54, 1.807) is 24.1 Å². The molecule has 22 heavy (non-hydrogen) atoms. The number of phenols is 1. The highest BCUT2D eigenvalue weighted by atomic mass is 16.6. The Morgan fingerprint density at radius 3 is 2.55 bits per heavy atom. The van der Waals surface area contributed by atoms with Crippen LogP contribution in [0.25, 0.3) is 0 Å². The highest BCUT2D eigenvalue weighted by Crippen LogP contribution is 2.24. The number of rotatable bonds is 2. The summed E-state index contributed by atoms with van der Waals surface area (Å²) in [6.07, 6.45) is 1.73. The Bertz CT molecular complexity index is 508. The maximum Gasteiger partial charge on any atom is 0.410 e. The Kier molecular flexibility index (Phi) is 4.84. The molecule has 1 fully saturated rings. The van der Waals surface area contributed by atoms with Crippen LogP contribution in [0.3, 0.4) is 0 Å². The summed E-state index contributed by atoms with van der Waals surface area (Å²) >= 11 is 0. The lowest BCUT2D eigenvalue weighted by atomic mass is 10.0. The summed E-state index contributed by atoms with van der Waals surface area (Å²) in [7, 11) is 1.80. The first-order valence-electron chi connectivity index (χ1n) is 7.76. The molecular formula is C17H26N2O3. The minimum absolute atomic E-state index is 0.136. The Hall–Kier alpha value is -1.91. The number of amides is 1. The van der Waals surface area contributed by atoms with Crippen LogP contribution in [0.2, 0.25) is 0 Å². The number of hydrogen-bond acceptors (Lipinski definition) is 4. The predicted octanol–water partition coefficient (Wildman–Crippen LogP) is 3.23. The van der Waals surface area contributed by atoms with Crippen LogP contribution in [-0.4, -0.2) is 47.9 Å². The molecule has 1 heterocycles. The first kappa shape index (κ1) is 16.5. The van der Waals surface area contributed by atoms with Gasteiger partial charge in [-0.15, -0.1) is 0 Å². The van der Waals surface area contributed by atoms with Gasteiger partial charge >= 0.3 is 6.09 Å². The lowest BCUT2D eigenvalue weighted by Crippen LogP contribution is -2.49. The van der Waals surface area contributed by atoms with E-state index in [1.807, 2.05) is 32.9 Å². The van der Waals surface area contributed by atoms with Crippen molar-refractivity contribution in [1.29, 1.82) is 0 Å². The molecule has 1 aromatic carbocycles. The third-order valence-electron chi connectivity index (χ3n) is 3.84. The maximum absolute atomic E-state index is 12.2. The molecule has 1 aliphatic rings. The Morgan fingerprint density at radius 1 is 1.32 bits per heavy atom. The molecule has 1 saturated heterocycles. The molecule has 122 valence electrons. The van der Waals surface area contributed by atoms with Crippen LogP contribution in [-0.2, 0) is 4.74 Å². The zero-order valence-corrected chi connectivity index (χ0v) is 13.9. The van der Waals surface area contributed by atoms with E-state index in [0.29, 0.717) is 0 Å². The van der Waals surface area contributed by atoms with E-state index >= 15 is 0 Å². The number of hydrogen-bond donors (Lipinski definition) is 1. The number of anilines is 1. The van der Waals surface area contributed by atoms with Gasteiger partial charge in [-0.05, 0) is 57.9 Å². The van der Waals surface area contributed by atoms with Crippen molar-refractivity contribution in [2.75, 3.05) is 25.0 Å². The van der Waals surface area contributed by atoms with Crippen molar-refractivity contribution in [3.05, 3.63) is 24.3 Å². The highest BCUT2D eigenvalue weighted by Gasteiger charge is 2.29. The summed E-state index contributed by atoms with van der Waals surface area (Å²) in [4.78, 5) is 16.1. The van der Waals surface area contributed by atoms with Crippen molar-refractivity contribution in [2.24, 2.45) is 0 Å². The molecule has 1 aliphatic heterocycles. The number of carbonyl (C=O) groups excluding carboxylic acids is 1. The topological polar surface area (TPSA) is 53.0 Å². The average Bonchev–Trinajstić information content (AvgIpc) is 2.45. The zero-order chi connectivity index (χ0) is 16.3. The SMILES string of the molecule is CN(C(=O)OC(C)(C)C)[C@@H]1CCCN(c2ccc(O)cc2)C1. The fourth-order valence-corrected chi connectivity index (χ4v) is 2.65. The molecule has 0 unspecified atom stereocenters. The van der Waals surface area contributed by atoms with Crippen LogP contribution in [0.5, 0.6) is 5.75 Å². The van der Waals surface area contributed by atoms with Crippen molar-refractivity contribution in [1.82, 2.24) is 4.90 Å². The number of aromatic hydroxyl groups is 1. The molecule has 0 aromatic heterocycles. The zero-order valence-electron chi connectivity index (χ0n) is 13.9. The minimum Gasteiger partial charge on any atom is -0.508 e. The average molecular weight is 306 g/mol. The van der Waals surface area contributed by atoms with E-state index in [9.17, 15) is 9.90 Å². The van der Waals surface area contributed by atoms with Gasteiger partial charge in [0.2, 0.25) is 0 Å². The second-order valence-corrected chi connectivity index (χ2v) is 6.85. The lowest BCUT2D eigenvalue weighted by molar-refractivity contribution is 0.0210. The van der Waals surface area contributed by atoms with Gasteiger partial charge in [-0.2, -0.15) is 0 Å². The van der Waals surface area contributed by atoms with Gasteiger partial charge in [0, 0.05) is 25.8 Å². The van der Waals surface area contributed by atoms with E-state index in [4.69, 9.17) is 4.74 Å². The molecule has 0 bridgehead atoms. The van der Waals surface area contributed by atoms with Crippen LogP contribution in [0.1, 0.15) is 33.6 Å². The minimum atomic E-state index is -0.476. The van der Waals surface area contributed by atoms with Gasteiger partial charge in [-0.3, -0.25) is 0 Å². The Labute approximate surface area is 132 Å². The molecule has 0 aliphatic carbocycles. The summed E-state index contributed by atoms with van der Waals surface area (Å²) < 4.78 is 5.44. The van der Waals surface area contributed by atoms with Gasteiger partial charge in [0.25, 0.3) is 0 Å². The van der Waals surface area contributed by atoms with Crippen LogP contribution in [0, 0.1) is 0 Å². The maximum atomic E-state index is 12.2. The van der Waals surface area contributed by atoms with Gasteiger partial charge in [0.15, 0.2) is 0 Å². The molecule has 1 amide bonds. The standard InChI is InChI=1S/C17H26N2O3/c1-17(2,3)22-16(21)18(4)14-6-5-11-19(12-14)13-7-9-15(20)10-8-13/h7-10,14,20H,5-6,11-12H2,1-4H3/t14-/m1/s1. The number of likely N-dealkylation sites (N-methyl/N-ethyl adjacent to an activating group) is 1. The summed E-state index contributed by atoms with van der Waals surface area (Å²) in [5.41, 5.74) is 0.594. The number of ether oxygens (including phenoxy) is 1. The number of carbonyl (C=O) groups is 1. The number of phenolic OH excluding ortho intramolecular Hbond substituents is 1. The smallest absolute Gasteiger partial charge is 0.410 e. The first-order valence-corrected chi connectivity index (χ1v) is 7.76. The highest BCUT2D eigenvalue weighted by molar-refractivity contribution is 5.68. The largest absolute Gasteiger partial charge is 0.508 e. The molecule has 0 saturated carbocycles. The second-order valence-electron chi connectivity index (χ2n) is 6.85. The third-order valence-corrected chi connectivity index (χ3v) is 3.84. The quantitative estimate of drug-likeness (QED) is 0.911. The summed E-state index contributed by atoms with van der Waals surface area (Å²) in [5, 5.41) is 9.39. The van der Waals surface area contributed by atoms with Gasteiger partial charge in [0.1, 0.15) is 11.4 Å². The molecule has 0 radical (unpaired) electrons. The molecule has 2 rings (SSSR count). The predicted molar refractivity (Wildman–Crippen MR) is 87.3 cm³/mol. The normalized spacial score (nSPS) is 18.9. The molecule has 5 heteroatoms. The van der Waals surface area contributed by atoms with Gasteiger partial charge < -0.3 is 19.6 Å². The number of piperidine rings is 1. The van der Waals surface area contributed by atoms with E-state index < -0.39 is 5.60 Å². The van der Waals surface area contributed by atoms with Crippen LogP contribution in [0.4, 0.5) is 10.5 Å². The third kappa shape index (κ3) is 4.29. The summed E-state index contributed by atoms with van der Waals surface area (Å²) in [6, 6.07) is 7.33. The fraction of sp³-hybridized carbons (Fsp3) is 0.588. The molecule has 1 N–H and O–H groups in total. The van der Waals surface area contributed by atoms with Crippen LogP contribution in [0.15, 0.2) is 24.3 Å². The van der Waals surface area contributed by atoms with Crippen molar-refractivity contribution < 1.29 is 14.6 Å². The Morgan fingerprint density at radius 2 is 1.95 bits per heavy atom.